The van der Waals surface area contributed by atoms with Gasteiger partial charge in [0.15, 0.2) is 0 Å². The van der Waals surface area contributed by atoms with Crippen LogP contribution in [0.3, 0.4) is 0 Å². The fraction of sp³-hybridized carbons (Fsp3) is 0.100. The second-order valence-corrected chi connectivity index (χ2v) is 4.01. The van der Waals surface area contributed by atoms with Crippen LogP contribution in [0.5, 0.6) is 0 Å². The molecule has 2 aromatic rings. The van der Waals surface area contributed by atoms with E-state index in [0.717, 1.165) is 12.1 Å². The maximum atomic E-state index is 13.5. The van der Waals surface area contributed by atoms with E-state index >= 15 is 0 Å². The van der Waals surface area contributed by atoms with Gasteiger partial charge in [0.1, 0.15) is 23.5 Å². The summed E-state index contributed by atoms with van der Waals surface area (Å²) in [4.78, 5) is 3.86. The molecule has 3 nitrogen and oxygen atoms in total. The van der Waals surface area contributed by atoms with Crippen molar-refractivity contribution in [2.75, 3.05) is 0 Å². The first-order chi connectivity index (χ1) is 7.61. The molecule has 1 aromatic heterocycles. The van der Waals surface area contributed by atoms with Crippen LogP contribution in [-0.4, -0.2) is 4.98 Å². The van der Waals surface area contributed by atoms with Crippen molar-refractivity contribution in [1.29, 1.82) is 0 Å². The molecule has 6 heteroatoms. The van der Waals surface area contributed by atoms with E-state index in [4.69, 9.17) is 10.2 Å². The van der Waals surface area contributed by atoms with Gasteiger partial charge in [-0.2, -0.15) is 0 Å². The molecule has 2 N–H and O–H groups in total. The summed E-state index contributed by atoms with van der Waals surface area (Å²) in [5.74, 6) is -1.59. The summed E-state index contributed by atoms with van der Waals surface area (Å²) < 4.78 is 32.3. The molecule has 0 fully saturated rings. The van der Waals surface area contributed by atoms with E-state index in [1.165, 1.54) is 6.26 Å². The van der Waals surface area contributed by atoms with Gasteiger partial charge in [-0.25, -0.2) is 13.8 Å². The predicted octanol–water partition coefficient (Wildman–Crippen LogP) is 2.84. The maximum absolute atomic E-state index is 13.5. The Morgan fingerprint density at radius 3 is 2.44 bits per heavy atom. The molecule has 0 aliphatic heterocycles. The molecule has 0 aliphatic carbocycles. The van der Waals surface area contributed by atoms with Gasteiger partial charge in [-0.05, 0) is 12.1 Å². The van der Waals surface area contributed by atoms with Crippen molar-refractivity contribution in [2.24, 2.45) is 5.73 Å². The molecule has 0 bridgehead atoms. The largest absolute Gasteiger partial charge is 0.444 e. The van der Waals surface area contributed by atoms with Gasteiger partial charge < -0.3 is 10.2 Å². The van der Waals surface area contributed by atoms with E-state index in [-0.39, 0.29) is 18.0 Å². The Morgan fingerprint density at radius 2 is 1.94 bits per heavy atom. The lowest BCUT2D eigenvalue weighted by atomic mass is 10.2. The molecule has 1 aromatic carbocycles. The molecule has 0 amide bonds. The van der Waals surface area contributed by atoms with Crippen LogP contribution in [0.15, 0.2) is 27.3 Å². The lowest BCUT2D eigenvalue weighted by Crippen LogP contribution is -1.96. The highest BCUT2D eigenvalue weighted by Gasteiger charge is 2.17. The monoisotopic (exact) mass is 288 g/mol. The van der Waals surface area contributed by atoms with Gasteiger partial charge >= 0.3 is 0 Å². The van der Waals surface area contributed by atoms with Crippen LogP contribution < -0.4 is 5.73 Å². The van der Waals surface area contributed by atoms with Crippen LogP contribution in [0, 0.1) is 11.6 Å². The number of rotatable bonds is 2. The minimum atomic E-state index is -0.739. The Kier molecular flexibility index (Phi) is 3.02. The van der Waals surface area contributed by atoms with Crippen LogP contribution in [0.2, 0.25) is 0 Å². The van der Waals surface area contributed by atoms with Crippen LogP contribution in [0.4, 0.5) is 8.78 Å². The summed E-state index contributed by atoms with van der Waals surface area (Å²) in [7, 11) is 0. The molecule has 0 radical (unpaired) electrons. The zero-order valence-corrected chi connectivity index (χ0v) is 9.59. The van der Waals surface area contributed by atoms with Crippen LogP contribution >= 0.6 is 15.9 Å². The molecule has 2 rings (SSSR count). The Morgan fingerprint density at radius 1 is 1.31 bits per heavy atom. The number of nitrogens with two attached hydrogens (primary N) is 1. The summed E-state index contributed by atoms with van der Waals surface area (Å²) in [6, 6.07) is 2.29. The highest BCUT2D eigenvalue weighted by atomic mass is 79.9. The third kappa shape index (κ3) is 1.98. The number of benzene rings is 1. The minimum Gasteiger partial charge on any atom is -0.444 e. The number of oxazole rings is 1. The van der Waals surface area contributed by atoms with Crippen LogP contribution in [0.1, 0.15) is 5.69 Å². The summed E-state index contributed by atoms with van der Waals surface area (Å²) in [6.07, 6.45) is 1.27. The zero-order valence-electron chi connectivity index (χ0n) is 8.01. The van der Waals surface area contributed by atoms with E-state index in [1.807, 2.05) is 0 Å². The number of halogens is 3. The highest BCUT2D eigenvalue weighted by Crippen LogP contribution is 2.28. The number of hydrogen-bond acceptors (Lipinski definition) is 3. The van der Waals surface area contributed by atoms with Crippen molar-refractivity contribution >= 4 is 15.9 Å². The Balaban J connectivity index is 2.55. The predicted molar refractivity (Wildman–Crippen MR) is 57.4 cm³/mol. The van der Waals surface area contributed by atoms with Gasteiger partial charge in [-0.1, -0.05) is 15.9 Å². The Bertz CT molecular complexity index is 504. The van der Waals surface area contributed by atoms with Crippen molar-refractivity contribution in [3.63, 3.8) is 0 Å². The van der Waals surface area contributed by atoms with E-state index in [1.54, 1.807) is 0 Å². The fourth-order valence-electron chi connectivity index (χ4n) is 1.26. The van der Waals surface area contributed by atoms with Crippen molar-refractivity contribution in [3.05, 3.63) is 40.2 Å². The molecule has 0 unspecified atom stereocenters. The molecule has 0 saturated heterocycles. The van der Waals surface area contributed by atoms with Gasteiger partial charge in [-0.3, -0.25) is 0 Å². The second-order valence-electron chi connectivity index (χ2n) is 3.09. The topological polar surface area (TPSA) is 52.0 Å². The average molecular weight is 289 g/mol. The Hall–Kier alpha value is -1.27. The number of aromatic nitrogens is 1. The average Bonchev–Trinajstić information content (AvgIpc) is 2.64. The molecule has 0 atom stereocenters. The molecule has 1 heterocycles. The number of hydrogen-bond donors (Lipinski definition) is 1. The van der Waals surface area contributed by atoms with Gasteiger partial charge in [-0.15, -0.1) is 0 Å². The minimum absolute atomic E-state index is 0.108. The van der Waals surface area contributed by atoms with E-state index < -0.39 is 11.6 Å². The smallest absolute Gasteiger partial charge is 0.232 e. The standard InChI is InChI=1S/C10H7BrF2N2O/c11-5-1-7(12)9(8(13)2-5)10-15-6(3-14)4-16-10/h1-2,4H,3,14H2. The third-order valence-electron chi connectivity index (χ3n) is 1.98. The van der Waals surface area contributed by atoms with Gasteiger partial charge in [0.05, 0.1) is 5.69 Å². The van der Waals surface area contributed by atoms with Crippen molar-refractivity contribution < 1.29 is 13.2 Å². The summed E-state index contributed by atoms with van der Waals surface area (Å²) in [5, 5.41) is 0. The van der Waals surface area contributed by atoms with Crippen molar-refractivity contribution in [3.8, 4) is 11.5 Å². The number of nitrogens with zero attached hydrogens (tertiary/aromatic N) is 1. The maximum Gasteiger partial charge on any atom is 0.232 e. The van der Waals surface area contributed by atoms with Crippen molar-refractivity contribution in [2.45, 2.75) is 6.54 Å². The van der Waals surface area contributed by atoms with E-state index in [9.17, 15) is 8.78 Å². The molecule has 0 saturated carbocycles. The van der Waals surface area contributed by atoms with Gasteiger partial charge in [0.2, 0.25) is 5.89 Å². The summed E-state index contributed by atoms with van der Waals surface area (Å²) in [5.41, 5.74) is 5.48. The molecular formula is C10H7BrF2N2O. The Labute approximate surface area is 98.4 Å². The van der Waals surface area contributed by atoms with Gasteiger partial charge in [0.25, 0.3) is 0 Å². The van der Waals surface area contributed by atoms with Crippen LogP contribution in [-0.2, 0) is 6.54 Å². The van der Waals surface area contributed by atoms with E-state index in [2.05, 4.69) is 20.9 Å². The zero-order chi connectivity index (χ0) is 11.7. The third-order valence-corrected chi connectivity index (χ3v) is 2.44. The lowest BCUT2D eigenvalue weighted by molar-refractivity contribution is 0.540. The van der Waals surface area contributed by atoms with E-state index in [0.29, 0.717) is 10.2 Å². The summed E-state index contributed by atoms with van der Waals surface area (Å²) in [6.45, 7) is 0.156. The first-order valence-electron chi connectivity index (χ1n) is 4.41. The van der Waals surface area contributed by atoms with Crippen LogP contribution in [0.25, 0.3) is 11.5 Å². The summed E-state index contributed by atoms with van der Waals surface area (Å²) >= 11 is 2.99. The molecule has 16 heavy (non-hydrogen) atoms. The van der Waals surface area contributed by atoms with Crippen molar-refractivity contribution in [1.82, 2.24) is 4.98 Å². The quantitative estimate of drug-likeness (QED) is 0.924. The lowest BCUT2D eigenvalue weighted by Gasteiger charge is -2.01. The normalized spacial score (nSPS) is 10.8. The second kappa shape index (κ2) is 4.31. The molecule has 84 valence electrons. The molecule has 0 aliphatic rings. The first kappa shape index (κ1) is 11.2. The molecule has 0 spiro atoms. The first-order valence-corrected chi connectivity index (χ1v) is 5.20. The highest BCUT2D eigenvalue weighted by molar-refractivity contribution is 9.10. The SMILES string of the molecule is NCc1coc(-c2c(F)cc(Br)cc2F)n1. The fourth-order valence-corrected chi connectivity index (χ4v) is 1.66. The van der Waals surface area contributed by atoms with Gasteiger partial charge in [0, 0.05) is 11.0 Å². The molecular weight excluding hydrogens is 282 g/mol.